The standard InChI is InChI=1S/C23H23N5O/c1-17-4-2-3-5-21(17)28-11-10-27(15-23(28)29)22(20-14-25-16-26-20)12-18-6-8-19(13-24)9-7-18/h2-9,14,16,22H,10-12,15H2,1H3,(H,25,26). The summed E-state index contributed by atoms with van der Waals surface area (Å²) in [6.07, 6.45) is 4.24. The quantitative estimate of drug-likeness (QED) is 0.732. The van der Waals surface area contributed by atoms with Crippen LogP contribution in [0.15, 0.2) is 61.1 Å². The number of amides is 1. The Balaban J connectivity index is 1.54. The monoisotopic (exact) mass is 385 g/mol. The van der Waals surface area contributed by atoms with Gasteiger partial charge in [-0.1, -0.05) is 30.3 Å². The second-order valence-electron chi connectivity index (χ2n) is 7.34. The summed E-state index contributed by atoms with van der Waals surface area (Å²) in [7, 11) is 0. The number of nitrogens with zero attached hydrogens (tertiary/aromatic N) is 4. The van der Waals surface area contributed by atoms with E-state index in [1.54, 1.807) is 6.33 Å². The molecule has 0 aliphatic carbocycles. The van der Waals surface area contributed by atoms with Crippen LogP contribution in [0.5, 0.6) is 0 Å². The highest BCUT2D eigenvalue weighted by Gasteiger charge is 2.31. The number of nitrogens with one attached hydrogen (secondary N) is 1. The molecule has 0 bridgehead atoms. The SMILES string of the molecule is Cc1ccccc1N1CCN(C(Cc2ccc(C#N)cc2)c2cnc[nH]2)CC1=O. The third kappa shape index (κ3) is 4.05. The Kier molecular flexibility index (Phi) is 5.41. The minimum atomic E-state index is 0.0217. The van der Waals surface area contributed by atoms with Crippen LogP contribution in [-0.4, -0.2) is 40.4 Å². The number of carbonyl (C=O) groups is 1. The lowest BCUT2D eigenvalue weighted by atomic mass is 10.00. The maximum Gasteiger partial charge on any atom is 0.241 e. The van der Waals surface area contributed by atoms with E-state index >= 15 is 0 Å². The molecule has 1 N–H and O–H groups in total. The zero-order valence-electron chi connectivity index (χ0n) is 16.4. The molecule has 1 aliphatic rings. The van der Waals surface area contributed by atoms with Crippen molar-refractivity contribution in [2.45, 2.75) is 19.4 Å². The van der Waals surface area contributed by atoms with E-state index < -0.39 is 0 Å². The lowest BCUT2D eigenvalue weighted by Gasteiger charge is -2.39. The molecule has 1 fully saturated rings. The molecule has 1 aromatic heterocycles. The van der Waals surface area contributed by atoms with Crippen LogP contribution < -0.4 is 4.90 Å². The van der Waals surface area contributed by atoms with Gasteiger partial charge in [0, 0.05) is 25.0 Å². The van der Waals surface area contributed by atoms with Gasteiger partial charge in [-0.15, -0.1) is 0 Å². The Morgan fingerprint density at radius 2 is 1.97 bits per heavy atom. The number of H-pyrrole nitrogens is 1. The Bertz CT molecular complexity index is 1020. The summed E-state index contributed by atoms with van der Waals surface area (Å²) >= 11 is 0. The van der Waals surface area contributed by atoms with Gasteiger partial charge in [0.15, 0.2) is 0 Å². The predicted octanol–water partition coefficient (Wildman–Crippen LogP) is 3.22. The molecule has 0 spiro atoms. The normalized spacial score (nSPS) is 15.9. The number of anilines is 1. The number of aromatic amines is 1. The van der Waals surface area contributed by atoms with Crippen LogP contribution in [0.1, 0.15) is 28.4 Å². The van der Waals surface area contributed by atoms with Crippen molar-refractivity contribution >= 4 is 11.6 Å². The van der Waals surface area contributed by atoms with Crippen molar-refractivity contribution in [2.24, 2.45) is 0 Å². The predicted molar refractivity (Wildman–Crippen MR) is 111 cm³/mol. The van der Waals surface area contributed by atoms with Crippen molar-refractivity contribution < 1.29 is 4.79 Å². The maximum atomic E-state index is 13.0. The van der Waals surface area contributed by atoms with E-state index in [1.807, 2.05) is 66.6 Å². The van der Waals surface area contributed by atoms with E-state index in [4.69, 9.17) is 5.26 Å². The Hall–Kier alpha value is -3.43. The molecule has 2 aromatic carbocycles. The molecule has 1 unspecified atom stereocenters. The molecule has 3 aromatic rings. The topological polar surface area (TPSA) is 76.0 Å². The fourth-order valence-corrected chi connectivity index (χ4v) is 3.90. The van der Waals surface area contributed by atoms with Crippen LogP contribution in [-0.2, 0) is 11.2 Å². The van der Waals surface area contributed by atoms with Crippen molar-refractivity contribution in [2.75, 3.05) is 24.5 Å². The highest BCUT2D eigenvalue weighted by atomic mass is 16.2. The van der Waals surface area contributed by atoms with Gasteiger partial charge in [-0.3, -0.25) is 9.69 Å². The molecular formula is C23H23N5O. The molecule has 0 radical (unpaired) electrons. The first-order valence-electron chi connectivity index (χ1n) is 9.73. The summed E-state index contributed by atoms with van der Waals surface area (Å²) < 4.78 is 0. The van der Waals surface area contributed by atoms with Gasteiger partial charge in [0.25, 0.3) is 0 Å². The second kappa shape index (κ2) is 8.29. The van der Waals surface area contributed by atoms with Crippen molar-refractivity contribution in [3.8, 4) is 6.07 Å². The molecule has 6 nitrogen and oxygen atoms in total. The van der Waals surface area contributed by atoms with Crippen LogP contribution >= 0.6 is 0 Å². The summed E-state index contributed by atoms with van der Waals surface area (Å²) in [4.78, 5) is 24.5. The van der Waals surface area contributed by atoms with Gasteiger partial charge in [0.05, 0.1) is 36.2 Å². The third-order valence-corrected chi connectivity index (χ3v) is 5.49. The number of aromatic nitrogens is 2. The molecule has 1 amide bonds. The number of hydrogen-bond acceptors (Lipinski definition) is 4. The van der Waals surface area contributed by atoms with E-state index in [-0.39, 0.29) is 11.9 Å². The molecule has 1 aliphatic heterocycles. The van der Waals surface area contributed by atoms with E-state index in [0.717, 1.165) is 35.5 Å². The van der Waals surface area contributed by atoms with Gasteiger partial charge in [0.1, 0.15) is 0 Å². The summed E-state index contributed by atoms with van der Waals surface area (Å²) in [5, 5.41) is 9.02. The summed E-state index contributed by atoms with van der Waals surface area (Å²) in [5.74, 6) is 0.106. The lowest BCUT2D eigenvalue weighted by molar-refractivity contribution is -0.122. The van der Waals surface area contributed by atoms with Gasteiger partial charge < -0.3 is 9.88 Å². The highest BCUT2D eigenvalue weighted by Crippen LogP contribution is 2.28. The largest absolute Gasteiger partial charge is 0.347 e. The zero-order valence-corrected chi connectivity index (χ0v) is 16.4. The smallest absolute Gasteiger partial charge is 0.241 e. The van der Waals surface area contributed by atoms with Crippen molar-refractivity contribution in [1.29, 1.82) is 5.26 Å². The number of imidazole rings is 1. The van der Waals surface area contributed by atoms with Crippen molar-refractivity contribution in [1.82, 2.24) is 14.9 Å². The zero-order chi connectivity index (χ0) is 20.2. The number of piperazine rings is 1. The number of hydrogen-bond donors (Lipinski definition) is 1. The molecule has 1 atom stereocenters. The van der Waals surface area contributed by atoms with E-state index in [1.165, 1.54) is 0 Å². The average molecular weight is 385 g/mol. The van der Waals surface area contributed by atoms with Gasteiger partial charge >= 0.3 is 0 Å². The number of aryl methyl sites for hydroxylation is 1. The van der Waals surface area contributed by atoms with Crippen LogP contribution in [0.3, 0.4) is 0 Å². The highest BCUT2D eigenvalue weighted by molar-refractivity contribution is 5.96. The first-order chi connectivity index (χ1) is 14.2. The van der Waals surface area contributed by atoms with E-state index in [9.17, 15) is 4.79 Å². The van der Waals surface area contributed by atoms with Gasteiger partial charge in [-0.05, 0) is 42.7 Å². The molecule has 1 saturated heterocycles. The van der Waals surface area contributed by atoms with E-state index in [2.05, 4.69) is 20.9 Å². The van der Waals surface area contributed by atoms with Gasteiger partial charge in [0.2, 0.25) is 5.91 Å². The summed E-state index contributed by atoms with van der Waals surface area (Å²) in [6.45, 7) is 3.82. The minimum Gasteiger partial charge on any atom is -0.347 e. The Morgan fingerprint density at radius 1 is 1.17 bits per heavy atom. The van der Waals surface area contributed by atoms with Crippen LogP contribution in [0.25, 0.3) is 0 Å². The third-order valence-electron chi connectivity index (χ3n) is 5.49. The first-order valence-corrected chi connectivity index (χ1v) is 9.73. The van der Waals surface area contributed by atoms with Crippen LogP contribution in [0.4, 0.5) is 5.69 Å². The van der Waals surface area contributed by atoms with E-state index in [0.29, 0.717) is 18.7 Å². The molecule has 0 saturated carbocycles. The van der Waals surface area contributed by atoms with Crippen LogP contribution in [0, 0.1) is 18.3 Å². The summed E-state index contributed by atoms with van der Waals surface area (Å²) in [6, 6.07) is 17.8. The van der Waals surface area contributed by atoms with Gasteiger partial charge in [-0.2, -0.15) is 5.26 Å². The first kappa shape index (κ1) is 18.9. The molecule has 6 heteroatoms. The van der Waals surface area contributed by atoms with Crippen molar-refractivity contribution in [3.05, 3.63) is 83.4 Å². The molecule has 4 rings (SSSR count). The molecular weight excluding hydrogens is 362 g/mol. The number of para-hydroxylation sites is 1. The average Bonchev–Trinajstić information content (AvgIpc) is 3.28. The lowest BCUT2D eigenvalue weighted by Crippen LogP contribution is -2.52. The number of carbonyl (C=O) groups excluding carboxylic acids is 1. The van der Waals surface area contributed by atoms with Crippen LogP contribution in [0.2, 0.25) is 0 Å². The number of nitriles is 1. The molecule has 2 heterocycles. The maximum absolute atomic E-state index is 13.0. The Morgan fingerprint density at radius 3 is 2.62 bits per heavy atom. The fraction of sp³-hybridized carbons (Fsp3) is 0.261. The molecule has 146 valence electrons. The minimum absolute atomic E-state index is 0.0217. The molecule has 29 heavy (non-hydrogen) atoms. The Labute approximate surface area is 170 Å². The summed E-state index contributed by atoms with van der Waals surface area (Å²) in [5.41, 5.74) is 4.86. The van der Waals surface area contributed by atoms with Gasteiger partial charge in [-0.25, -0.2) is 4.98 Å². The second-order valence-corrected chi connectivity index (χ2v) is 7.34. The number of rotatable bonds is 5. The number of benzene rings is 2. The fourth-order valence-electron chi connectivity index (χ4n) is 3.90. The van der Waals surface area contributed by atoms with Crippen molar-refractivity contribution in [3.63, 3.8) is 0 Å².